The molecule has 0 saturated carbocycles. The van der Waals surface area contributed by atoms with Gasteiger partial charge in [0.15, 0.2) is 5.82 Å². The van der Waals surface area contributed by atoms with Crippen LogP contribution in [-0.2, 0) is 5.41 Å². The van der Waals surface area contributed by atoms with E-state index in [2.05, 4.69) is 201 Å². The molecule has 0 amide bonds. The van der Waals surface area contributed by atoms with Crippen LogP contribution in [0, 0.1) is 0 Å². The summed E-state index contributed by atoms with van der Waals surface area (Å²) >= 11 is 0. The van der Waals surface area contributed by atoms with Crippen LogP contribution in [0.4, 0.5) is 0 Å². The van der Waals surface area contributed by atoms with Gasteiger partial charge in [-0.3, -0.25) is 0 Å². The first-order valence-corrected chi connectivity index (χ1v) is 19.3. The van der Waals surface area contributed by atoms with Crippen molar-refractivity contribution in [2.75, 3.05) is 0 Å². The van der Waals surface area contributed by atoms with E-state index in [1.807, 2.05) is 6.07 Å². The molecule has 0 saturated heterocycles. The van der Waals surface area contributed by atoms with Gasteiger partial charge in [-0.25, -0.2) is 9.97 Å². The predicted molar refractivity (Wildman–Crippen MR) is 234 cm³/mol. The number of rotatable bonds is 5. The Hall–Kier alpha value is -7.16. The largest absolute Gasteiger partial charge is 0.228 e. The van der Waals surface area contributed by atoms with Crippen molar-refractivity contribution in [2.24, 2.45) is 0 Å². The molecule has 0 fully saturated rings. The number of nitrogens with zero attached hydrogens (tertiary/aromatic N) is 2. The van der Waals surface area contributed by atoms with Crippen LogP contribution in [0.1, 0.15) is 23.6 Å². The molecule has 1 aliphatic carbocycles. The summed E-state index contributed by atoms with van der Waals surface area (Å²) in [5, 5.41) is 7.54. The average Bonchev–Trinajstić information content (AvgIpc) is 3.55. The lowest BCUT2D eigenvalue weighted by molar-refractivity contribution is 0.715. The lowest BCUT2D eigenvalue weighted by atomic mass is 9.72. The van der Waals surface area contributed by atoms with Crippen molar-refractivity contribution in [1.82, 2.24) is 9.97 Å². The van der Waals surface area contributed by atoms with E-state index in [1.165, 1.54) is 71.3 Å². The van der Waals surface area contributed by atoms with Gasteiger partial charge in [0, 0.05) is 22.1 Å². The fraction of sp³-hybridized carbons (Fsp3) is 0.0370. The second-order valence-electron chi connectivity index (χ2n) is 15.0. The summed E-state index contributed by atoms with van der Waals surface area (Å²) in [5.74, 6) is 0.712. The van der Waals surface area contributed by atoms with E-state index in [1.54, 1.807) is 0 Å². The van der Waals surface area contributed by atoms with Crippen molar-refractivity contribution in [1.29, 1.82) is 0 Å². The van der Waals surface area contributed by atoms with Gasteiger partial charge >= 0.3 is 0 Å². The van der Waals surface area contributed by atoms with Gasteiger partial charge in [-0.15, -0.1) is 0 Å². The van der Waals surface area contributed by atoms with E-state index in [0.29, 0.717) is 5.82 Å². The van der Waals surface area contributed by atoms with Crippen LogP contribution in [0.25, 0.3) is 88.5 Å². The molecule has 262 valence electrons. The van der Waals surface area contributed by atoms with Gasteiger partial charge < -0.3 is 0 Å². The normalized spacial score (nSPS) is 14.6. The maximum absolute atomic E-state index is 5.35. The number of aromatic nitrogens is 2. The SMILES string of the molecule is CC1(c2ccccc2)c2ccccc2-c2cccc(-c3cc(-c4ccc(-c5c6ccccc6cc6c5ccc5ccccc56)cc4)nc(-c4ccccc4)n3)c21. The molecule has 2 nitrogen and oxygen atoms in total. The number of hydrogen-bond donors (Lipinski definition) is 0. The van der Waals surface area contributed by atoms with E-state index in [4.69, 9.17) is 9.97 Å². The molecule has 1 aliphatic rings. The molecule has 1 aromatic heterocycles. The molecule has 11 rings (SSSR count). The third-order valence-electron chi connectivity index (χ3n) is 11.9. The molecule has 2 heteroatoms. The van der Waals surface area contributed by atoms with Crippen LogP contribution < -0.4 is 0 Å². The third-order valence-corrected chi connectivity index (χ3v) is 11.9. The zero-order valence-electron chi connectivity index (χ0n) is 30.9. The van der Waals surface area contributed by atoms with Gasteiger partial charge in [-0.2, -0.15) is 0 Å². The molecule has 0 radical (unpaired) electrons. The van der Waals surface area contributed by atoms with E-state index < -0.39 is 0 Å². The van der Waals surface area contributed by atoms with Crippen LogP contribution in [0.5, 0.6) is 0 Å². The Bertz CT molecular complexity index is 3130. The highest BCUT2D eigenvalue weighted by molar-refractivity contribution is 6.20. The Labute approximate surface area is 326 Å². The van der Waals surface area contributed by atoms with Crippen LogP contribution >= 0.6 is 0 Å². The van der Waals surface area contributed by atoms with Crippen molar-refractivity contribution in [2.45, 2.75) is 12.3 Å². The molecule has 0 spiro atoms. The van der Waals surface area contributed by atoms with Crippen LogP contribution in [-0.4, -0.2) is 9.97 Å². The summed E-state index contributed by atoms with van der Waals surface area (Å²) in [6.45, 7) is 2.37. The number of hydrogen-bond acceptors (Lipinski definition) is 2. The second kappa shape index (κ2) is 12.7. The third kappa shape index (κ3) is 4.96. The van der Waals surface area contributed by atoms with Gasteiger partial charge in [-0.05, 0) is 90.3 Å². The quantitative estimate of drug-likeness (QED) is 0.131. The number of benzene rings is 9. The summed E-state index contributed by atoms with van der Waals surface area (Å²) in [6, 6.07) is 72.3. The fourth-order valence-corrected chi connectivity index (χ4v) is 9.28. The van der Waals surface area contributed by atoms with Gasteiger partial charge in [-0.1, -0.05) is 188 Å². The number of fused-ring (bicyclic) bond motifs is 7. The predicted octanol–water partition coefficient (Wildman–Crippen LogP) is 13.9. The minimum absolute atomic E-state index is 0.365. The Balaban J connectivity index is 1.10. The smallest absolute Gasteiger partial charge is 0.160 e. The van der Waals surface area contributed by atoms with Crippen LogP contribution in [0.3, 0.4) is 0 Å². The van der Waals surface area contributed by atoms with E-state index in [-0.39, 0.29) is 5.41 Å². The van der Waals surface area contributed by atoms with Gasteiger partial charge in [0.25, 0.3) is 0 Å². The van der Waals surface area contributed by atoms with Crippen molar-refractivity contribution in [3.8, 4) is 56.2 Å². The van der Waals surface area contributed by atoms with Crippen molar-refractivity contribution in [3.05, 3.63) is 217 Å². The maximum Gasteiger partial charge on any atom is 0.160 e. The lowest BCUT2D eigenvalue weighted by Crippen LogP contribution is -2.23. The highest BCUT2D eigenvalue weighted by Gasteiger charge is 2.42. The fourth-order valence-electron chi connectivity index (χ4n) is 9.28. The molecule has 1 atom stereocenters. The average molecular weight is 713 g/mol. The molecule has 10 aromatic rings. The van der Waals surface area contributed by atoms with E-state index >= 15 is 0 Å². The van der Waals surface area contributed by atoms with E-state index in [0.717, 1.165) is 28.1 Å². The Morgan fingerprint density at radius 2 is 1.00 bits per heavy atom. The van der Waals surface area contributed by atoms with Gasteiger partial charge in [0.2, 0.25) is 0 Å². The van der Waals surface area contributed by atoms with Crippen LogP contribution in [0.2, 0.25) is 0 Å². The van der Waals surface area contributed by atoms with E-state index in [9.17, 15) is 0 Å². The zero-order chi connectivity index (χ0) is 37.2. The zero-order valence-corrected chi connectivity index (χ0v) is 30.9. The molecule has 1 unspecified atom stereocenters. The maximum atomic E-state index is 5.35. The minimum atomic E-state index is -0.365. The Kier molecular flexibility index (Phi) is 7.33. The van der Waals surface area contributed by atoms with Gasteiger partial charge in [0.1, 0.15) is 0 Å². The highest BCUT2D eigenvalue weighted by Crippen LogP contribution is 2.55. The molecular formula is C54H36N2. The topological polar surface area (TPSA) is 25.8 Å². The molecular weight excluding hydrogens is 677 g/mol. The molecule has 1 heterocycles. The Morgan fingerprint density at radius 3 is 1.82 bits per heavy atom. The van der Waals surface area contributed by atoms with Crippen molar-refractivity contribution < 1.29 is 0 Å². The molecule has 0 bridgehead atoms. The summed E-state index contributed by atoms with van der Waals surface area (Å²) in [4.78, 5) is 10.6. The lowest BCUT2D eigenvalue weighted by Gasteiger charge is -2.30. The minimum Gasteiger partial charge on any atom is -0.228 e. The first-order valence-electron chi connectivity index (χ1n) is 19.3. The molecule has 56 heavy (non-hydrogen) atoms. The second-order valence-corrected chi connectivity index (χ2v) is 15.0. The van der Waals surface area contributed by atoms with Crippen molar-refractivity contribution in [3.63, 3.8) is 0 Å². The van der Waals surface area contributed by atoms with Crippen LogP contribution in [0.15, 0.2) is 200 Å². The summed E-state index contributed by atoms with van der Waals surface area (Å²) in [7, 11) is 0. The van der Waals surface area contributed by atoms with Crippen molar-refractivity contribution >= 4 is 32.3 Å². The van der Waals surface area contributed by atoms with Gasteiger partial charge in [0.05, 0.1) is 11.4 Å². The molecule has 0 N–H and O–H groups in total. The highest BCUT2D eigenvalue weighted by atomic mass is 14.9. The summed E-state index contributed by atoms with van der Waals surface area (Å²) in [5.41, 5.74) is 13.4. The summed E-state index contributed by atoms with van der Waals surface area (Å²) < 4.78 is 0. The monoisotopic (exact) mass is 712 g/mol. The summed E-state index contributed by atoms with van der Waals surface area (Å²) in [6.07, 6.45) is 0. The molecule has 0 aliphatic heterocycles. The first kappa shape index (κ1) is 32.3. The Morgan fingerprint density at radius 1 is 0.375 bits per heavy atom. The molecule has 9 aromatic carbocycles. The first-order chi connectivity index (χ1) is 27.6. The standard InChI is InChI=1S/C54H36N2/c1-54(40-19-6-3-7-20-40)48-26-13-12-23-43(48)45-24-14-25-46(52(45)54)50-34-49(55-53(56-50)38-16-4-2-5-17-38)36-27-29-37(30-28-36)51-42-22-11-9-18-39(42)33-47-41-21-10-8-15-35(41)31-32-44(47)51/h2-34H,1H3.